The molecule has 0 heterocycles. The van der Waals surface area contributed by atoms with Gasteiger partial charge in [0, 0.05) is 21.5 Å². The summed E-state index contributed by atoms with van der Waals surface area (Å²) in [6.07, 6.45) is 0. The SMILES string of the molecule is Nc1ccc2ccc3ccc(Cl)c4ccc1c2c34. The van der Waals surface area contributed by atoms with Crippen LogP contribution >= 0.6 is 11.6 Å². The zero-order valence-electron chi connectivity index (χ0n) is 9.57. The van der Waals surface area contributed by atoms with Gasteiger partial charge in [0.2, 0.25) is 0 Å². The average molecular weight is 252 g/mol. The van der Waals surface area contributed by atoms with Crippen molar-refractivity contribution in [2.24, 2.45) is 0 Å². The summed E-state index contributed by atoms with van der Waals surface area (Å²) < 4.78 is 0. The van der Waals surface area contributed by atoms with Crippen LogP contribution in [0.25, 0.3) is 32.3 Å². The molecule has 0 spiro atoms. The predicted octanol–water partition coefficient (Wildman–Crippen LogP) is 4.82. The molecule has 0 aromatic heterocycles. The second-order valence-corrected chi connectivity index (χ2v) is 5.03. The van der Waals surface area contributed by atoms with Crippen molar-refractivity contribution >= 4 is 49.6 Å². The van der Waals surface area contributed by atoms with Crippen LogP contribution in [0.5, 0.6) is 0 Å². The topological polar surface area (TPSA) is 26.0 Å². The minimum absolute atomic E-state index is 0.791. The van der Waals surface area contributed by atoms with Gasteiger partial charge in [0.05, 0.1) is 0 Å². The molecule has 4 aromatic rings. The molecule has 0 saturated heterocycles. The Bertz CT molecular complexity index is 821. The van der Waals surface area contributed by atoms with Crippen molar-refractivity contribution in [1.82, 2.24) is 0 Å². The first kappa shape index (κ1) is 9.98. The maximum Gasteiger partial charge on any atom is 0.0485 e. The summed E-state index contributed by atoms with van der Waals surface area (Å²) in [4.78, 5) is 0. The summed E-state index contributed by atoms with van der Waals surface area (Å²) in [6, 6.07) is 16.4. The van der Waals surface area contributed by atoms with Gasteiger partial charge in [-0.25, -0.2) is 0 Å². The van der Waals surface area contributed by atoms with E-state index in [4.69, 9.17) is 17.3 Å². The highest BCUT2D eigenvalue weighted by atomic mass is 35.5. The molecule has 0 bridgehead atoms. The highest BCUT2D eigenvalue weighted by Crippen LogP contribution is 2.39. The number of hydrogen-bond acceptors (Lipinski definition) is 1. The summed E-state index contributed by atoms with van der Waals surface area (Å²) in [5.41, 5.74) is 6.89. The molecule has 4 aromatic carbocycles. The lowest BCUT2D eigenvalue weighted by atomic mass is 9.93. The molecular formula is C16H10ClN. The molecular weight excluding hydrogens is 242 g/mol. The number of rotatable bonds is 0. The lowest BCUT2D eigenvalue weighted by Gasteiger charge is -2.12. The standard InChI is InChI=1S/C16H10ClN/c17-13-7-3-9-1-2-10-4-8-14(18)12-6-5-11(13)15(9)16(10)12/h1-8H,18H2. The Kier molecular flexibility index (Phi) is 1.81. The number of benzene rings is 4. The molecule has 2 heteroatoms. The fourth-order valence-electron chi connectivity index (χ4n) is 2.79. The van der Waals surface area contributed by atoms with Gasteiger partial charge in [0.25, 0.3) is 0 Å². The fourth-order valence-corrected chi connectivity index (χ4v) is 3.01. The lowest BCUT2D eigenvalue weighted by Crippen LogP contribution is -1.90. The minimum Gasteiger partial charge on any atom is -0.398 e. The van der Waals surface area contributed by atoms with Crippen molar-refractivity contribution in [2.45, 2.75) is 0 Å². The van der Waals surface area contributed by atoms with E-state index >= 15 is 0 Å². The van der Waals surface area contributed by atoms with Crippen molar-refractivity contribution in [1.29, 1.82) is 0 Å². The van der Waals surface area contributed by atoms with Gasteiger partial charge in [-0.3, -0.25) is 0 Å². The Labute approximate surface area is 109 Å². The Balaban J connectivity index is 2.47. The van der Waals surface area contributed by atoms with Crippen molar-refractivity contribution in [3.8, 4) is 0 Å². The predicted molar refractivity (Wildman–Crippen MR) is 79.6 cm³/mol. The van der Waals surface area contributed by atoms with Crippen LogP contribution in [-0.2, 0) is 0 Å². The second kappa shape index (κ2) is 3.27. The van der Waals surface area contributed by atoms with E-state index in [-0.39, 0.29) is 0 Å². The molecule has 0 unspecified atom stereocenters. The zero-order chi connectivity index (χ0) is 12.3. The van der Waals surface area contributed by atoms with Crippen LogP contribution in [0.4, 0.5) is 5.69 Å². The molecule has 0 fully saturated rings. The number of halogens is 1. The molecule has 0 aliphatic carbocycles. The number of anilines is 1. The summed E-state index contributed by atoms with van der Waals surface area (Å²) in [6.45, 7) is 0. The smallest absolute Gasteiger partial charge is 0.0485 e. The van der Waals surface area contributed by atoms with E-state index in [9.17, 15) is 0 Å². The third kappa shape index (κ3) is 1.12. The van der Waals surface area contributed by atoms with E-state index in [0.717, 1.165) is 21.5 Å². The normalized spacial score (nSPS) is 11.8. The van der Waals surface area contributed by atoms with Crippen LogP contribution in [-0.4, -0.2) is 0 Å². The van der Waals surface area contributed by atoms with Crippen molar-refractivity contribution in [3.05, 3.63) is 53.6 Å². The molecule has 0 aliphatic rings. The van der Waals surface area contributed by atoms with E-state index in [0.29, 0.717) is 0 Å². The average Bonchev–Trinajstić information content (AvgIpc) is 2.40. The van der Waals surface area contributed by atoms with Gasteiger partial charge < -0.3 is 5.73 Å². The summed E-state index contributed by atoms with van der Waals surface area (Å²) in [5.74, 6) is 0. The molecule has 0 saturated carbocycles. The maximum absolute atomic E-state index is 6.29. The maximum atomic E-state index is 6.29. The van der Waals surface area contributed by atoms with Crippen LogP contribution in [0.1, 0.15) is 0 Å². The van der Waals surface area contributed by atoms with E-state index < -0.39 is 0 Å². The van der Waals surface area contributed by atoms with Gasteiger partial charge in [0.1, 0.15) is 0 Å². The highest BCUT2D eigenvalue weighted by Gasteiger charge is 2.10. The monoisotopic (exact) mass is 251 g/mol. The van der Waals surface area contributed by atoms with Crippen LogP contribution in [0.2, 0.25) is 5.02 Å². The van der Waals surface area contributed by atoms with E-state index in [1.165, 1.54) is 21.5 Å². The fraction of sp³-hybridized carbons (Fsp3) is 0. The van der Waals surface area contributed by atoms with E-state index in [1.54, 1.807) is 0 Å². The first-order valence-corrected chi connectivity index (χ1v) is 6.25. The van der Waals surface area contributed by atoms with Gasteiger partial charge in [-0.15, -0.1) is 0 Å². The van der Waals surface area contributed by atoms with Gasteiger partial charge in [-0.05, 0) is 33.7 Å². The molecule has 0 aliphatic heterocycles. The van der Waals surface area contributed by atoms with Crippen LogP contribution in [0.3, 0.4) is 0 Å². The molecule has 2 N–H and O–H groups in total. The Morgan fingerprint density at radius 3 is 2.00 bits per heavy atom. The van der Waals surface area contributed by atoms with Crippen LogP contribution in [0.15, 0.2) is 48.5 Å². The van der Waals surface area contributed by atoms with Gasteiger partial charge in [-0.2, -0.15) is 0 Å². The molecule has 0 radical (unpaired) electrons. The first-order valence-electron chi connectivity index (χ1n) is 5.87. The molecule has 18 heavy (non-hydrogen) atoms. The number of nitrogen functional groups attached to an aromatic ring is 1. The summed E-state index contributed by atoms with van der Waals surface area (Å²) in [7, 11) is 0. The van der Waals surface area contributed by atoms with Crippen LogP contribution in [0, 0.1) is 0 Å². The van der Waals surface area contributed by atoms with E-state index in [2.05, 4.69) is 36.4 Å². The quantitative estimate of drug-likeness (QED) is 0.352. The zero-order valence-corrected chi connectivity index (χ0v) is 10.3. The third-order valence-corrected chi connectivity index (χ3v) is 3.97. The molecule has 4 rings (SSSR count). The van der Waals surface area contributed by atoms with Crippen molar-refractivity contribution in [3.63, 3.8) is 0 Å². The second-order valence-electron chi connectivity index (χ2n) is 4.62. The molecule has 0 atom stereocenters. The Hall–Kier alpha value is -1.99. The Morgan fingerprint density at radius 2 is 1.22 bits per heavy atom. The Morgan fingerprint density at radius 1 is 0.667 bits per heavy atom. The summed E-state index contributed by atoms with van der Waals surface area (Å²) >= 11 is 6.29. The lowest BCUT2D eigenvalue weighted by molar-refractivity contribution is 1.76. The molecule has 1 nitrogen and oxygen atoms in total. The highest BCUT2D eigenvalue weighted by molar-refractivity contribution is 6.39. The number of hydrogen-bond donors (Lipinski definition) is 1. The molecule has 0 amide bonds. The largest absolute Gasteiger partial charge is 0.398 e. The number of nitrogens with two attached hydrogens (primary N) is 1. The first-order chi connectivity index (χ1) is 8.75. The van der Waals surface area contributed by atoms with Crippen molar-refractivity contribution in [2.75, 3.05) is 5.73 Å². The minimum atomic E-state index is 0.791. The van der Waals surface area contributed by atoms with Crippen molar-refractivity contribution < 1.29 is 0 Å². The van der Waals surface area contributed by atoms with E-state index in [1.807, 2.05) is 12.1 Å². The van der Waals surface area contributed by atoms with Crippen LogP contribution < -0.4 is 5.73 Å². The molecule has 86 valence electrons. The third-order valence-electron chi connectivity index (χ3n) is 3.65. The van der Waals surface area contributed by atoms with Gasteiger partial charge >= 0.3 is 0 Å². The van der Waals surface area contributed by atoms with Gasteiger partial charge in [-0.1, -0.05) is 48.0 Å². The van der Waals surface area contributed by atoms with Gasteiger partial charge in [0.15, 0.2) is 0 Å². The summed E-state index contributed by atoms with van der Waals surface area (Å²) in [5, 5.41) is 7.83.